The fraction of sp³-hybridized carbons (Fsp3) is 0.962. The molecule has 9 fully saturated rings. The number of hydrogen-bond donors (Lipinski definition) is 13. The molecule has 0 aromatic rings. The highest BCUT2D eigenvalue weighted by molar-refractivity contribution is 5.36. The van der Waals surface area contributed by atoms with Gasteiger partial charge in [0.2, 0.25) is 0 Å². The average molecular weight is 1060 g/mol. The Balaban J connectivity index is 0.923. The maximum atomic E-state index is 12.4. The molecular weight excluding hydrogens is 977 g/mol. The van der Waals surface area contributed by atoms with Crippen LogP contribution in [-0.4, -0.2) is 234 Å². The van der Waals surface area contributed by atoms with Gasteiger partial charge in [0, 0.05) is 22.2 Å². The molecule has 22 heteroatoms. The standard InChI is InChI=1S/C52H84O22/c1-46(2)13-14-51-22-68-52(29(51)15-46)12-8-28-47(3)10-9-31(48(4,21-55)27(47)7-11-49(28,5)50(52,6)16-30(51)57)72-44-40(74-43-39(65)36(62)33(59)24(17-53)69-43)35(61)26(20-67-44)71-45-41(37(63)34(60)25(18-54)70-45)73-42-38(64)32(58)23(56)19-66-42/h8,12,23-45,53-65H,7,9-11,13-22H2,1-6H3/t23-,24+,25-,26-,27-,28-,29-,30-,31+,32+,33-,34-,35-,36+,37+,38-,39-,40+,41+,42-,43+,44-,45+,47+,48+,49-,50-,51+,52-/m1/s1. The normalized spacial score (nSPS) is 58.0. The average Bonchev–Trinajstić information content (AvgIpc) is 3.64. The fourth-order valence-electron chi connectivity index (χ4n) is 16.7. The molecule has 0 aromatic heterocycles. The number of rotatable bonds is 11. The van der Waals surface area contributed by atoms with E-state index in [9.17, 15) is 66.4 Å². The molecule has 0 amide bonds. The van der Waals surface area contributed by atoms with Gasteiger partial charge < -0.3 is 109 Å². The molecule has 22 nitrogen and oxygen atoms in total. The van der Waals surface area contributed by atoms with E-state index in [-0.39, 0.29) is 46.0 Å². The largest absolute Gasteiger partial charge is 0.396 e. The minimum absolute atomic E-state index is 0.0362. The van der Waals surface area contributed by atoms with Gasteiger partial charge in [0.15, 0.2) is 25.2 Å². The van der Waals surface area contributed by atoms with Crippen molar-refractivity contribution in [3.05, 3.63) is 12.2 Å². The van der Waals surface area contributed by atoms with Crippen molar-refractivity contribution in [3.63, 3.8) is 0 Å². The van der Waals surface area contributed by atoms with E-state index >= 15 is 0 Å². The summed E-state index contributed by atoms with van der Waals surface area (Å²) >= 11 is 0. The SMILES string of the molecule is CC1(C)CC[C@@]23CO[C@]4(C=C[C@@H]5[C@@]6(C)CC[C@H](O[C@H]7OC[C@@H](O[C@@H]8O[C@H](CO)[C@@H](O)[C@H](O)[C@@H]8O[C@H]8OC[C@@H](O)[C@H](O)[C@H]8O)[C@@H](O)[C@@H]7O[C@@H]7O[C@@H](CO)[C@@H](O)[C@H](O)[C@H]7O)[C@@](C)(CO)[C@@H]6CC[C@@]5(C)[C@@]4(C)C[C@H]2O)[C@@H]3C1. The third kappa shape index (κ3) is 8.32. The molecule has 2 bridgehead atoms. The van der Waals surface area contributed by atoms with Crippen molar-refractivity contribution in [2.24, 2.45) is 50.2 Å². The van der Waals surface area contributed by atoms with Gasteiger partial charge >= 0.3 is 0 Å². The van der Waals surface area contributed by atoms with Crippen LogP contribution in [0.25, 0.3) is 0 Å². The molecule has 0 radical (unpaired) electrons. The molecule has 74 heavy (non-hydrogen) atoms. The Kier molecular flexibility index (Phi) is 15.1. The van der Waals surface area contributed by atoms with Crippen molar-refractivity contribution in [2.75, 3.05) is 39.6 Å². The van der Waals surface area contributed by atoms with E-state index in [1.54, 1.807) is 0 Å². The maximum absolute atomic E-state index is 12.4. The Bertz CT molecular complexity index is 2030. The van der Waals surface area contributed by atoms with E-state index < -0.39 is 166 Å². The number of aliphatic hydroxyl groups is 13. The first kappa shape index (κ1) is 56.1. The molecule has 1 spiro atoms. The molecule has 10 rings (SSSR count). The molecule has 0 aromatic carbocycles. The van der Waals surface area contributed by atoms with Gasteiger partial charge in [-0.05, 0) is 79.4 Å². The lowest BCUT2D eigenvalue weighted by molar-refractivity contribution is -0.392. The summed E-state index contributed by atoms with van der Waals surface area (Å²) in [5.41, 5.74) is -2.68. The molecule has 29 atom stereocenters. The summed E-state index contributed by atoms with van der Waals surface area (Å²) in [5, 5.41) is 142. The van der Waals surface area contributed by atoms with Crippen LogP contribution in [0.3, 0.4) is 0 Å². The van der Waals surface area contributed by atoms with Gasteiger partial charge in [-0.25, -0.2) is 0 Å². The minimum Gasteiger partial charge on any atom is -0.396 e. The van der Waals surface area contributed by atoms with Crippen molar-refractivity contribution in [3.8, 4) is 0 Å². The first-order valence-corrected chi connectivity index (χ1v) is 26.9. The first-order chi connectivity index (χ1) is 34.8. The van der Waals surface area contributed by atoms with Gasteiger partial charge in [-0.1, -0.05) is 53.7 Å². The van der Waals surface area contributed by atoms with Gasteiger partial charge in [0.25, 0.3) is 0 Å². The van der Waals surface area contributed by atoms with E-state index in [4.69, 9.17) is 42.6 Å². The maximum Gasteiger partial charge on any atom is 0.187 e. The number of allylic oxidation sites excluding steroid dienone is 1. The zero-order chi connectivity index (χ0) is 53.5. The number of aliphatic hydroxyl groups excluding tert-OH is 13. The van der Waals surface area contributed by atoms with Gasteiger partial charge in [-0.2, -0.15) is 0 Å². The first-order valence-electron chi connectivity index (χ1n) is 26.9. The van der Waals surface area contributed by atoms with Gasteiger partial charge in [0.1, 0.15) is 85.5 Å². The Hall–Kier alpha value is -1.14. The van der Waals surface area contributed by atoms with Crippen LogP contribution in [0.5, 0.6) is 0 Å². The predicted molar refractivity (Wildman–Crippen MR) is 251 cm³/mol. The molecule has 5 saturated heterocycles. The summed E-state index contributed by atoms with van der Waals surface area (Å²) in [6.45, 7) is 11.4. The van der Waals surface area contributed by atoms with E-state index in [2.05, 4.69) is 46.8 Å². The van der Waals surface area contributed by atoms with Crippen LogP contribution < -0.4 is 0 Å². The van der Waals surface area contributed by atoms with Crippen LogP contribution in [0, 0.1) is 50.2 Å². The molecule has 5 aliphatic carbocycles. The summed E-state index contributed by atoms with van der Waals surface area (Å²) in [6, 6.07) is 0. The lowest BCUT2D eigenvalue weighted by Gasteiger charge is -2.73. The topological polar surface area (TPSA) is 346 Å². The Morgan fingerprint density at radius 1 is 0.568 bits per heavy atom. The van der Waals surface area contributed by atoms with Crippen molar-refractivity contribution in [1.29, 1.82) is 0 Å². The zero-order valence-corrected chi connectivity index (χ0v) is 43.3. The Morgan fingerprint density at radius 3 is 1.89 bits per heavy atom. The molecule has 5 aliphatic heterocycles. The van der Waals surface area contributed by atoms with Crippen LogP contribution in [-0.2, 0) is 42.6 Å². The van der Waals surface area contributed by atoms with Gasteiger partial charge in [0.05, 0.1) is 57.5 Å². The lowest BCUT2D eigenvalue weighted by Crippen LogP contribution is -2.72. The molecule has 424 valence electrons. The molecule has 10 aliphatic rings. The summed E-state index contributed by atoms with van der Waals surface area (Å²) < 4.78 is 55.7. The van der Waals surface area contributed by atoms with E-state index in [0.29, 0.717) is 32.3 Å². The highest BCUT2D eigenvalue weighted by Crippen LogP contribution is 2.79. The second-order valence-corrected chi connectivity index (χ2v) is 25.7. The molecule has 0 unspecified atom stereocenters. The molecule has 5 heterocycles. The van der Waals surface area contributed by atoms with Gasteiger partial charge in [-0.15, -0.1) is 0 Å². The molecule has 13 N–H and O–H groups in total. The number of fused-ring (bicyclic) bond motifs is 4. The van der Waals surface area contributed by atoms with Crippen LogP contribution in [0.4, 0.5) is 0 Å². The Labute approximate surface area is 431 Å². The van der Waals surface area contributed by atoms with E-state index in [1.807, 2.05) is 6.92 Å². The monoisotopic (exact) mass is 1060 g/mol. The highest BCUT2D eigenvalue weighted by Gasteiger charge is 2.79. The highest BCUT2D eigenvalue weighted by atomic mass is 16.8. The second kappa shape index (κ2) is 19.8. The second-order valence-electron chi connectivity index (χ2n) is 25.7. The van der Waals surface area contributed by atoms with Crippen LogP contribution >= 0.6 is 0 Å². The fourth-order valence-corrected chi connectivity index (χ4v) is 16.7. The van der Waals surface area contributed by atoms with Crippen LogP contribution in [0.2, 0.25) is 0 Å². The van der Waals surface area contributed by atoms with Crippen LogP contribution in [0.15, 0.2) is 12.2 Å². The smallest absolute Gasteiger partial charge is 0.187 e. The third-order valence-electron chi connectivity index (χ3n) is 21.4. The minimum atomic E-state index is -1.92. The molecular formula is C52H84O22. The van der Waals surface area contributed by atoms with E-state index in [1.165, 1.54) is 0 Å². The summed E-state index contributed by atoms with van der Waals surface area (Å²) in [7, 11) is 0. The molecule has 4 saturated carbocycles. The van der Waals surface area contributed by atoms with Crippen molar-refractivity contribution in [1.82, 2.24) is 0 Å². The predicted octanol–water partition coefficient (Wildman–Crippen LogP) is -2.32. The number of hydrogen-bond acceptors (Lipinski definition) is 22. The van der Waals surface area contributed by atoms with Crippen molar-refractivity contribution in [2.45, 2.75) is 221 Å². The van der Waals surface area contributed by atoms with Gasteiger partial charge in [-0.3, -0.25) is 0 Å². The van der Waals surface area contributed by atoms with Crippen LogP contribution in [0.1, 0.15) is 92.9 Å². The van der Waals surface area contributed by atoms with Crippen molar-refractivity contribution < 1.29 is 109 Å². The summed E-state index contributed by atoms with van der Waals surface area (Å²) in [6.07, 6.45) is -20.7. The Morgan fingerprint density at radius 2 is 1.20 bits per heavy atom. The lowest BCUT2D eigenvalue weighted by atomic mass is 9.32. The third-order valence-corrected chi connectivity index (χ3v) is 21.4. The summed E-state index contributed by atoms with van der Waals surface area (Å²) in [4.78, 5) is 0. The zero-order valence-electron chi connectivity index (χ0n) is 43.3. The summed E-state index contributed by atoms with van der Waals surface area (Å²) in [5.74, 6) is 0.0943. The van der Waals surface area contributed by atoms with E-state index in [0.717, 1.165) is 25.7 Å². The van der Waals surface area contributed by atoms with Crippen molar-refractivity contribution >= 4 is 0 Å². The quantitative estimate of drug-likeness (QED) is 0.0763. The number of ether oxygens (including phenoxy) is 9.